The van der Waals surface area contributed by atoms with Crippen molar-refractivity contribution >= 4 is 17.5 Å². The van der Waals surface area contributed by atoms with Crippen LogP contribution in [0.1, 0.15) is 26.7 Å². The molecule has 0 aromatic rings. The third kappa shape index (κ3) is 2.70. The fourth-order valence-corrected chi connectivity index (χ4v) is 1.28. The summed E-state index contributed by atoms with van der Waals surface area (Å²) in [4.78, 5) is 11.2. The number of nitrogens with one attached hydrogen (secondary N) is 1. The Morgan fingerprint density at radius 3 is 2.45 bits per heavy atom. The van der Waals surface area contributed by atoms with Gasteiger partial charge in [0, 0.05) is 6.04 Å². The highest BCUT2D eigenvalue weighted by Crippen LogP contribution is 2.35. The van der Waals surface area contributed by atoms with E-state index in [1.54, 1.807) is 0 Å². The molecule has 0 saturated heterocycles. The molecular weight excluding hydrogens is 162 g/mol. The second-order valence-electron chi connectivity index (χ2n) is 3.40. The summed E-state index contributed by atoms with van der Waals surface area (Å²) < 4.78 is 0. The Morgan fingerprint density at radius 1 is 1.55 bits per heavy atom. The lowest BCUT2D eigenvalue weighted by Crippen LogP contribution is -2.37. The lowest BCUT2D eigenvalue weighted by Gasteiger charge is -2.11. The number of alkyl halides is 1. The van der Waals surface area contributed by atoms with Gasteiger partial charge in [-0.3, -0.25) is 4.79 Å². The molecule has 0 radical (unpaired) electrons. The average Bonchev–Trinajstić information content (AvgIpc) is 2.65. The predicted molar refractivity (Wildman–Crippen MR) is 45.6 cm³/mol. The van der Waals surface area contributed by atoms with E-state index >= 15 is 0 Å². The number of halogens is 1. The molecule has 3 heteroatoms. The molecule has 1 atom stereocenters. The average molecular weight is 176 g/mol. The van der Waals surface area contributed by atoms with Crippen molar-refractivity contribution in [1.29, 1.82) is 0 Å². The SMILES string of the molecule is CC(C)NC(=O)C(Cl)C1CC1. The molecule has 0 spiro atoms. The Bertz CT molecular complexity index is 154. The Hall–Kier alpha value is -0.240. The van der Waals surface area contributed by atoms with E-state index in [-0.39, 0.29) is 17.3 Å². The highest BCUT2D eigenvalue weighted by Gasteiger charge is 2.34. The minimum Gasteiger partial charge on any atom is -0.353 e. The molecule has 1 fully saturated rings. The molecule has 11 heavy (non-hydrogen) atoms. The summed E-state index contributed by atoms with van der Waals surface area (Å²) >= 11 is 5.86. The zero-order chi connectivity index (χ0) is 8.43. The van der Waals surface area contributed by atoms with Crippen molar-refractivity contribution in [1.82, 2.24) is 5.32 Å². The lowest BCUT2D eigenvalue weighted by atomic mass is 10.2. The summed E-state index contributed by atoms with van der Waals surface area (Å²) in [6.45, 7) is 3.88. The Morgan fingerprint density at radius 2 is 2.09 bits per heavy atom. The maximum absolute atomic E-state index is 11.2. The maximum Gasteiger partial charge on any atom is 0.238 e. The van der Waals surface area contributed by atoms with E-state index in [1.165, 1.54) is 0 Å². The fourth-order valence-electron chi connectivity index (χ4n) is 0.967. The van der Waals surface area contributed by atoms with Crippen molar-refractivity contribution in [3.63, 3.8) is 0 Å². The summed E-state index contributed by atoms with van der Waals surface area (Å²) in [5, 5.41) is 2.50. The van der Waals surface area contributed by atoms with E-state index in [0.29, 0.717) is 5.92 Å². The van der Waals surface area contributed by atoms with Crippen molar-refractivity contribution in [2.24, 2.45) is 5.92 Å². The molecule has 0 aliphatic heterocycles. The van der Waals surface area contributed by atoms with Gasteiger partial charge in [-0.05, 0) is 32.6 Å². The van der Waals surface area contributed by atoms with Crippen molar-refractivity contribution in [3.8, 4) is 0 Å². The molecule has 2 nitrogen and oxygen atoms in total. The molecule has 1 amide bonds. The van der Waals surface area contributed by atoms with Gasteiger partial charge in [0.05, 0.1) is 0 Å². The highest BCUT2D eigenvalue weighted by molar-refractivity contribution is 6.31. The molecule has 1 N–H and O–H groups in total. The molecule has 0 bridgehead atoms. The van der Waals surface area contributed by atoms with E-state index in [0.717, 1.165) is 12.8 Å². The molecule has 1 unspecified atom stereocenters. The summed E-state index contributed by atoms with van der Waals surface area (Å²) in [5.41, 5.74) is 0. The number of hydrogen-bond donors (Lipinski definition) is 1. The van der Waals surface area contributed by atoms with Gasteiger partial charge in [0.2, 0.25) is 5.91 Å². The van der Waals surface area contributed by atoms with Crippen LogP contribution in [-0.4, -0.2) is 17.3 Å². The van der Waals surface area contributed by atoms with Crippen LogP contribution in [0.2, 0.25) is 0 Å². The third-order valence-electron chi connectivity index (χ3n) is 1.72. The third-order valence-corrected chi connectivity index (χ3v) is 2.27. The van der Waals surface area contributed by atoms with Gasteiger partial charge in [-0.2, -0.15) is 0 Å². The largest absolute Gasteiger partial charge is 0.353 e. The number of carbonyl (C=O) groups is 1. The molecule has 0 aromatic heterocycles. The standard InChI is InChI=1S/C8H14ClNO/c1-5(2)10-8(11)7(9)6-3-4-6/h5-7H,3-4H2,1-2H3,(H,10,11). The topological polar surface area (TPSA) is 29.1 Å². The molecule has 0 aromatic carbocycles. The van der Waals surface area contributed by atoms with Gasteiger partial charge >= 0.3 is 0 Å². The predicted octanol–water partition coefficient (Wildman–Crippen LogP) is 1.53. The minimum absolute atomic E-state index is 0.0100. The summed E-state index contributed by atoms with van der Waals surface area (Å²) in [6, 6.07) is 0.197. The number of carbonyl (C=O) groups excluding carboxylic acids is 1. The Balaban J connectivity index is 2.27. The van der Waals surface area contributed by atoms with E-state index in [9.17, 15) is 4.79 Å². The first-order chi connectivity index (χ1) is 5.11. The molecule has 0 heterocycles. The second kappa shape index (κ2) is 3.44. The van der Waals surface area contributed by atoms with Crippen LogP contribution in [-0.2, 0) is 4.79 Å². The van der Waals surface area contributed by atoms with Gasteiger partial charge in [0.15, 0.2) is 0 Å². The fraction of sp³-hybridized carbons (Fsp3) is 0.875. The zero-order valence-electron chi connectivity index (χ0n) is 6.93. The van der Waals surface area contributed by atoms with Gasteiger partial charge < -0.3 is 5.32 Å². The summed E-state index contributed by atoms with van der Waals surface area (Å²) in [6.07, 6.45) is 2.22. The smallest absolute Gasteiger partial charge is 0.238 e. The first kappa shape index (κ1) is 8.85. The van der Waals surface area contributed by atoms with Crippen LogP contribution in [0.3, 0.4) is 0 Å². The maximum atomic E-state index is 11.2. The van der Waals surface area contributed by atoms with Crippen LogP contribution in [0.25, 0.3) is 0 Å². The van der Waals surface area contributed by atoms with Crippen molar-refractivity contribution in [2.45, 2.75) is 38.1 Å². The van der Waals surface area contributed by atoms with Crippen molar-refractivity contribution in [3.05, 3.63) is 0 Å². The first-order valence-corrected chi connectivity index (χ1v) is 4.49. The highest BCUT2D eigenvalue weighted by atomic mass is 35.5. The zero-order valence-corrected chi connectivity index (χ0v) is 7.69. The molecule has 1 aliphatic rings. The van der Waals surface area contributed by atoms with Gasteiger partial charge in [-0.1, -0.05) is 0 Å². The van der Waals surface area contributed by atoms with Crippen LogP contribution in [0.15, 0.2) is 0 Å². The molecule has 1 rings (SSSR count). The minimum atomic E-state index is -0.294. The van der Waals surface area contributed by atoms with Crippen LogP contribution in [0.5, 0.6) is 0 Å². The monoisotopic (exact) mass is 175 g/mol. The number of hydrogen-bond acceptors (Lipinski definition) is 1. The van der Waals surface area contributed by atoms with E-state index in [4.69, 9.17) is 11.6 Å². The van der Waals surface area contributed by atoms with Gasteiger partial charge in [-0.25, -0.2) is 0 Å². The summed E-state index contributed by atoms with van der Waals surface area (Å²) in [7, 11) is 0. The normalized spacial score (nSPS) is 20.0. The Labute approximate surface area is 72.3 Å². The van der Waals surface area contributed by atoms with Crippen molar-refractivity contribution < 1.29 is 4.79 Å². The van der Waals surface area contributed by atoms with Crippen LogP contribution in [0, 0.1) is 5.92 Å². The molecular formula is C8H14ClNO. The van der Waals surface area contributed by atoms with E-state index in [1.807, 2.05) is 13.8 Å². The Kier molecular flexibility index (Phi) is 2.77. The number of rotatable bonds is 3. The van der Waals surface area contributed by atoms with Crippen LogP contribution >= 0.6 is 11.6 Å². The van der Waals surface area contributed by atoms with Gasteiger partial charge in [-0.15, -0.1) is 11.6 Å². The second-order valence-corrected chi connectivity index (χ2v) is 3.87. The van der Waals surface area contributed by atoms with E-state index in [2.05, 4.69) is 5.32 Å². The molecule has 1 saturated carbocycles. The van der Waals surface area contributed by atoms with Gasteiger partial charge in [0.25, 0.3) is 0 Å². The van der Waals surface area contributed by atoms with Crippen LogP contribution < -0.4 is 5.32 Å². The quantitative estimate of drug-likeness (QED) is 0.648. The lowest BCUT2D eigenvalue weighted by molar-refractivity contribution is -0.121. The van der Waals surface area contributed by atoms with E-state index < -0.39 is 0 Å². The molecule has 1 aliphatic carbocycles. The molecule has 64 valence electrons. The van der Waals surface area contributed by atoms with Gasteiger partial charge in [0.1, 0.15) is 5.38 Å². The van der Waals surface area contributed by atoms with Crippen molar-refractivity contribution in [2.75, 3.05) is 0 Å². The first-order valence-electron chi connectivity index (χ1n) is 4.05. The summed E-state index contributed by atoms with van der Waals surface area (Å²) in [5.74, 6) is 0.430. The van der Waals surface area contributed by atoms with Crippen LogP contribution in [0.4, 0.5) is 0 Å². The number of amides is 1.